The SMILES string of the molecule is CCCc1[nH]nc(C(=O)NC(CC)c2cccs2)c1N. The van der Waals surface area contributed by atoms with Crippen LogP contribution in [0.3, 0.4) is 0 Å². The molecule has 0 aliphatic carbocycles. The van der Waals surface area contributed by atoms with E-state index in [1.54, 1.807) is 11.3 Å². The number of nitrogens with two attached hydrogens (primary N) is 1. The third-order valence-corrected chi connectivity index (χ3v) is 4.18. The van der Waals surface area contributed by atoms with Crippen LogP contribution in [0.25, 0.3) is 0 Å². The molecule has 0 saturated heterocycles. The maximum atomic E-state index is 12.3. The summed E-state index contributed by atoms with van der Waals surface area (Å²) in [6.07, 6.45) is 2.59. The van der Waals surface area contributed by atoms with Gasteiger partial charge in [0.25, 0.3) is 5.91 Å². The van der Waals surface area contributed by atoms with Crippen molar-refractivity contribution in [3.05, 3.63) is 33.8 Å². The Bertz CT molecular complexity index is 562. The van der Waals surface area contributed by atoms with E-state index in [2.05, 4.69) is 22.4 Å². The molecule has 2 aromatic rings. The summed E-state index contributed by atoms with van der Waals surface area (Å²) in [5.74, 6) is -0.221. The summed E-state index contributed by atoms with van der Waals surface area (Å²) in [6.45, 7) is 4.10. The van der Waals surface area contributed by atoms with Crippen LogP contribution in [0.5, 0.6) is 0 Å². The van der Waals surface area contributed by atoms with Crippen LogP contribution in [-0.2, 0) is 6.42 Å². The van der Waals surface area contributed by atoms with Crippen LogP contribution in [0.2, 0.25) is 0 Å². The average molecular weight is 292 g/mol. The number of hydrogen-bond acceptors (Lipinski definition) is 4. The summed E-state index contributed by atoms with van der Waals surface area (Å²) in [5, 5.41) is 11.9. The van der Waals surface area contributed by atoms with Gasteiger partial charge in [0.1, 0.15) is 0 Å². The highest BCUT2D eigenvalue weighted by Crippen LogP contribution is 2.23. The summed E-state index contributed by atoms with van der Waals surface area (Å²) < 4.78 is 0. The summed E-state index contributed by atoms with van der Waals surface area (Å²) in [7, 11) is 0. The number of nitrogens with one attached hydrogen (secondary N) is 2. The Morgan fingerprint density at radius 2 is 2.35 bits per heavy atom. The van der Waals surface area contributed by atoms with Crippen molar-refractivity contribution in [1.82, 2.24) is 15.5 Å². The molecule has 0 bridgehead atoms. The zero-order valence-electron chi connectivity index (χ0n) is 11.8. The summed E-state index contributed by atoms with van der Waals surface area (Å²) in [4.78, 5) is 13.4. The van der Waals surface area contributed by atoms with Crippen LogP contribution < -0.4 is 11.1 Å². The quantitative estimate of drug-likeness (QED) is 0.765. The molecule has 108 valence electrons. The summed E-state index contributed by atoms with van der Waals surface area (Å²) in [5.41, 5.74) is 7.57. The van der Waals surface area contributed by atoms with Crippen molar-refractivity contribution in [3.8, 4) is 0 Å². The minimum absolute atomic E-state index is 0.00762. The fourth-order valence-corrected chi connectivity index (χ4v) is 2.95. The van der Waals surface area contributed by atoms with Crippen LogP contribution in [0, 0.1) is 0 Å². The Morgan fingerprint density at radius 1 is 1.55 bits per heavy atom. The predicted molar refractivity (Wildman–Crippen MR) is 81.8 cm³/mol. The molecular weight excluding hydrogens is 272 g/mol. The van der Waals surface area contributed by atoms with Gasteiger partial charge in [0.2, 0.25) is 0 Å². The second-order valence-corrected chi connectivity index (χ2v) is 5.64. The highest BCUT2D eigenvalue weighted by Gasteiger charge is 2.20. The average Bonchev–Trinajstić information content (AvgIpc) is 3.07. The number of aryl methyl sites for hydroxylation is 1. The van der Waals surface area contributed by atoms with Crippen LogP contribution in [0.15, 0.2) is 17.5 Å². The minimum atomic E-state index is -0.221. The maximum absolute atomic E-state index is 12.3. The first-order valence-electron chi connectivity index (χ1n) is 6.84. The fourth-order valence-electron chi connectivity index (χ4n) is 2.09. The molecule has 4 N–H and O–H groups in total. The van der Waals surface area contributed by atoms with Crippen LogP contribution >= 0.6 is 11.3 Å². The standard InChI is InChI=1S/C14H20N4OS/c1-3-6-10-12(15)13(18-17-10)14(19)16-9(4-2)11-7-5-8-20-11/h5,7-9H,3-4,6,15H2,1-2H3,(H,16,19)(H,17,18). The number of H-pyrrole nitrogens is 1. The van der Waals surface area contributed by atoms with Crippen molar-refractivity contribution < 1.29 is 4.79 Å². The number of nitrogens with zero attached hydrogens (tertiary/aromatic N) is 1. The molecule has 2 aromatic heterocycles. The molecule has 0 spiro atoms. The molecule has 0 fully saturated rings. The second kappa shape index (κ2) is 6.56. The molecule has 6 heteroatoms. The van der Waals surface area contributed by atoms with Gasteiger partial charge in [0.15, 0.2) is 5.69 Å². The third-order valence-electron chi connectivity index (χ3n) is 3.20. The number of rotatable bonds is 6. The molecule has 5 nitrogen and oxygen atoms in total. The van der Waals surface area contributed by atoms with Gasteiger partial charge < -0.3 is 11.1 Å². The van der Waals surface area contributed by atoms with Gasteiger partial charge in [-0.25, -0.2) is 0 Å². The van der Waals surface area contributed by atoms with Crippen molar-refractivity contribution in [1.29, 1.82) is 0 Å². The molecule has 2 rings (SSSR count). The predicted octanol–water partition coefficient (Wildman–Crippen LogP) is 2.89. The summed E-state index contributed by atoms with van der Waals surface area (Å²) >= 11 is 1.64. The van der Waals surface area contributed by atoms with Crippen molar-refractivity contribution in [2.45, 2.75) is 39.2 Å². The molecule has 0 saturated carbocycles. The van der Waals surface area contributed by atoms with Gasteiger partial charge in [-0.05, 0) is 24.3 Å². The van der Waals surface area contributed by atoms with Crippen molar-refractivity contribution in [3.63, 3.8) is 0 Å². The number of thiophene rings is 1. The van der Waals surface area contributed by atoms with E-state index in [4.69, 9.17) is 5.73 Å². The van der Waals surface area contributed by atoms with Crippen LogP contribution in [0.1, 0.15) is 53.8 Å². The minimum Gasteiger partial charge on any atom is -0.395 e. The first kappa shape index (κ1) is 14.6. The normalized spacial score (nSPS) is 12.3. The van der Waals surface area contributed by atoms with Crippen LogP contribution in [-0.4, -0.2) is 16.1 Å². The molecule has 1 unspecified atom stereocenters. The molecule has 0 aromatic carbocycles. The smallest absolute Gasteiger partial charge is 0.274 e. The van der Waals surface area contributed by atoms with E-state index in [1.165, 1.54) is 0 Å². The Kier molecular flexibility index (Phi) is 4.79. The number of anilines is 1. The van der Waals surface area contributed by atoms with Gasteiger partial charge in [-0.15, -0.1) is 11.3 Å². The zero-order chi connectivity index (χ0) is 14.5. The largest absolute Gasteiger partial charge is 0.395 e. The van der Waals surface area contributed by atoms with Gasteiger partial charge in [0.05, 0.1) is 17.4 Å². The number of amides is 1. The number of carbonyl (C=O) groups is 1. The Balaban J connectivity index is 2.11. The van der Waals surface area contributed by atoms with Gasteiger partial charge in [-0.3, -0.25) is 9.89 Å². The lowest BCUT2D eigenvalue weighted by atomic mass is 10.1. The van der Waals surface area contributed by atoms with E-state index >= 15 is 0 Å². The molecular formula is C14H20N4OS. The molecule has 0 aliphatic rings. The van der Waals surface area contributed by atoms with E-state index in [0.717, 1.165) is 29.8 Å². The zero-order valence-corrected chi connectivity index (χ0v) is 12.6. The van der Waals surface area contributed by atoms with Crippen LogP contribution in [0.4, 0.5) is 5.69 Å². The Hall–Kier alpha value is -1.82. The van der Waals surface area contributed by atoms with E-state index in [1.807, 2.05) is 24.4 Å². The van der Waals surface area contributed by atoms with E-state index in [-0.39, 0.29) is 11.9 Å². The first-order chi connectivity index (χ1) is 9.67. The van der Waals surface area contributed by atoms with Gasteiger partial charge in [-0.1, -0.05) is 26.3 Å². The van der Waals surface area contributed by atoms with Crippen molar-refractivity contribution in [2.24, 2.45) is 0 Å². The third kappa shape index (κ3) is 3.01. The molecule has 0 aliphatic heterocycles. The lowest BCUT2D eigenvalue weighted by molar-refractivity contribution is 0.0932. The molecule has 0 radical (unpaired) electrons. The van der Waals surface area contributed by atoms with E-state index in [9.17, 15) is 4.79 Å². The number of hydrogen-bond donors (Lipinski definition) is 3. The van der Waals surface area contributed by atoms with Crippen molar-refractivity contribution >= 4 is 22.9 Å². The number of carbonyl (C=O) groups excluding carboxylic acids is 1. The highest BCUT2D eigenvalue weighted by molar-refractivity contribution is 7.10. The molecule has 1 amide bonds. The lowest BCUT2D eigenvalue weighted by Gasteiger charge is -2.14. The molecule has 2 heterocycles. The number of aromatic nitrogens is 2. The topological polar surface area (TPSA) is 83.8 Å². The lowest BCUT2D eigenvalue weighted by Crippen LogP contribution is -2.28. The van der Waals surface area contributed by atoms with Gasteiger partial charge in [0, 0.05) is 4.88 Å². The molecule has 20 heavy (non-hydrogen) atoms. The first-order valence-corrected chi connectivity index (χ1v) is 7.72. The maximum Gasteiger partial charge on any atom is 0.274 e. The number of aromatic amines is 1. The highest BCUT2D eigenvalue weighted by atomic mass is 32.1. The fraction of sp³-hybridized carbons (Fsp3) is 0.429. The number of nitrogen functional groups attached to an aromatic ring is 1. The van der Waals surface area contributed by atoms with E-state index in [0.29, 0.717) is 11.4 Å². The second-order valence-electron chi connectivity index (χ2n) is 4.66. The molecule has 1 atom stereocenters. The summed E-state index contributed by atoms with van der Waals surface area (Å²) in [6, 6.07) is 4.01. The van der Waals surface area contributed by atoms with Gasteiger partial charge in [-0.2, -0.15) is 5.10 Å². The monoisotopic (exact) mass is 292 g/mol. The Morgan fingerprint density at radius 3 is 2.95 bits per heavy atom. The Labute approximate surface area is 122 Å². The van der Waals surface area contributed by atoms with E-state index < -0.39 is 0 Å². The van der Waals surface area contributed by atoms with Crippen molar-refractivity contribution in [2.75, 3.05) is 5.73 Å². The van der Waals surface area contributed by atoms with Gasteiger partial charge >= 0.3 is 0 Å².